The second-order valence-corrected chi connectivity index (χ2v) is 9.45. The summed E-state index contributed by atoms with van der Waals surface area (Å²) < 4.78 is 10.7. The van der Waals surface area contributed by atoms with Crippen molar-refractivity contribution in [2.75, 3.05) is 45.2 Å². The summed E-state index contributed by atoms with van der Waals surface area (Å²) in [6.07, 6.45) is 7.66. The minimum atomic E-state index is -0.461. The van der Waals surface area contributed by atoms with Gasteiger partial charge in [0.1, 0.15) is 5.75 Å². The first kappa shape index (κ1) is 25.5. The number of anilines is 1. The third-order valence-electron chi connectivity index (χ3n) is 6.99. The van der Waals surface area contributed by atoms with Crippen molar-refractivity contribution in [2.45, 2.75) is 38.5 Å². The number of rotatable bonds is 7. The lowest BCUT2D eigenvalue weighted by atomic mass is 9.87. The minimum absolute atomic E-state index is 0.0569. The summed E-state index contributed by atoms with van der Waals surface area (Å²) in [7, 11) is 1.32. The number of esters is 1. The van der Waals surface area contributed by atoms with Gasteiger partial charge in [-0.2, -0.15) is 0 Å². The summed E-state index contributed by atoms with van der Waals surface area (Å²) in [5.74, 6) is 0.966. The van der Waals surface area contributed by atoms with E-state index >= 15 is 0 Å². The Labute approximate surface area is 212 Å². The van der Waals surface area contributed by atoms with E-state index in [4.69, 9.17) is 9.47 Å². The normalized spacial score (nSPS) is 16.4. The third kappa shape index (κ3) is 6.77. The predicted octanol–water partition coefficient (Wildman–Crippen LogP) is 4.81. The van der Waals surface area contributed by atoms with E-state index < -0.39 is 5.97 Å². The fraction of sp³-hybridized carbons (Fsp3) is 0.464. The van der Waals surface area contributed by atoms with Gasteiger partial charge in [0.25, 0.3) is 5.91 Å². The maximum absolute atomic E-state index is 13.1. The largest absolute Gasteiger partial charge is 0.494 e. The summed E-state index contributed by atoms with van der Waals surface area (Å²) in [6.45, 7) is 2.42. The zero-order valence-corrected chi connectivity index (χ0v) is 20.9. The average Bonchev–Trinajstić information content (AvgIpc) is 2.93. The van der Waals surface area contributed by atoms with Crippen molar-refractivity contribution < 1.29 is 23.9 Å². The first-order valence-corrected chi connectivity index (χ1v) is 12.8. The van der Waals surface area contributed by atoms with Crippen molar-refractivity contribution in [3.8, 4) is 5.75 Å². The lowest BCUT2D eigenvalue weighted by Crippen LogP contribution is -2.51. The molecule has 0 radical (unpaired) electrons. The molecule has 1 heterocycles. The number of hydrogen-bond acceptors (Lipinski definition) is 5. The van der Waals surface area contributed by atoms with Crippen LogP contribution in [0.5, 0.6) is 5.75 Å². The molecule has 0 aromatic heterocycles. The Morgan fingerprint density at radius 1 is 0.889 bits per heavy atom. The van der Waals surface area contributed by atoms with E-state index in [2.05, 4.69) is 5.32 Å². The smallest absolute Gasteiger partial charge is 0.337 e. The van der Waals surface area contributed by atoms with Gasteiger partial charge in [-0.05, 0) is 48.7 Å². The highest BCUT2D eigenvalue weighted by Gasteiger charge is 2.25. The number of benzene rings is 2. The SMILES string of the molecule is COC(=O)c1cccc(NC(=O)N2CCN(C(=O)c3cccc(OCCC4CCCCC4)c3)CC2)c1. The second-order valence-electron chi connectivity index (χ2n) is 9.45. The highest BCUT2D eigenvalue weighted by molar-refractivity contribution is 5.95. The third-order valence-corrected chi connectivity index (χ3v) is 6.99. The van der Waals surface area contributed by atoms with Gasteiger partial charge in [-0.1, -0.05) is 44.2 Å². The number of carbonyl (C=O) groups excluding carboxylic acids is 3. The fourth-order valence-corrected chi connectivity index (χ4v) is 4.88. The van der Waals surface area contributed by atoms with E-state index in [9.17, 15) is 14.4 Å². The molecular weight excluding hydrogens is 458 g/mol. The molecule has 1 aliphatic heterocycles. The highest BCUT2D eigenvalue weighted by Crippen LogP contribution is 2.26. The summed E-state index contributed by atoms with van der Waals surface area (Å²) >= 11 is 0. The summed E-state index contributed by atoms with van der Waals surface area (Å²) in [6, 6.07) is 13.7. The van der Waals surface area contributed by atoms with E-state index in [-0.39, 0.29) is 11.9 Å². The van der Waals surface area contributed by atoms with Gasteiger partial charge in [0, 0.05) is 37.4 Å². The Morgan fingerprint density at radius 2 is 1.58 bits per heavy atom. The zero-order chi connectivity index (χ0) is 25.3. The van der Waals surface area contributed by atoms with Crippen molar-refractivity contribution >= 4 is 23.6 Å². The van der Waals surface area contributed by atoms with Crippen LogP contribution in [0.15, 0.2) is 48.5 Å². The van der Waals surface area contributed by atoms with E-state index in [1.165, 1.54) is 39.2 Å². The maximum Gasteiger partial charge on any atom is 0.337 e. The van der Waals surface area contributed by atoms with Crippen molar-refractivity contribution in [1.29, 1.82) is 0 Å². The number of piperazine rings is 1. The van der Waals surface area contributed by atoms with Crippen LogP contribution in [-0.2, 0) is 4.74 Å². The molecule has 2 aromatic rings. The van der Waals surface area contributed by atoms with Gasteiger partial charge in [-0.15, -0.1) is 0 Å². The predicted molar refractivity (Wildman–Crippen MR) is 137 cm³/mol. The zero-order valence-electron chi connectivity index (χ0n) is 20.9. The Hall–Kier alpha value is -3.55. The minimum Gasteiger partial charge on any atom is -0.494 e. The van der Waals surface area contributed by atoms with Gasteiger partial charge >= 0.3 is 12.0 Å². The first-order chi connectivity index (χ1) is 17.5. The van der Waals surface area contributed by atoms with Crippen LogP contribution in [-0.4, -0.2) is 67.6 Å². The highest BCUT2D eigenvalue weighted by atomic mass is 16.5. The molecule has 0 unspecified atom stereocenters. The van der Waals surface area contributed by atoms with Crippen molar-refractivity contribution in [2.24, 2.45) is 5.92 Å². The standard InChI is InChI=1S/C28H35N3O5/c1-35-27(33)23-10-5-11-24(19-23)29-28(34)31-16-14-30(15-17-31)26(32)22-9-6-12-25(20-22)36-18-13-21-7-3-2-4-8-21/h5-6,9-12,19-21H,2-4,7-8,13-18H2,1H3,(H,29,34). The fourth-order valence-electron chi connectivity index (χ4n) is 4.88. The number of carbonyl (C=O) groups is 3. The molecule has 8 nitrogen and oxygen atoms in total. The quantitative estimate of drug-likeness (QED) is 0.559. The molecule has 1 aliphatic carbocycles. The van der Waals surface area contributed by atoms with Crippen LogP contribution in [0.3, 0.4) is 0 Å². The second kappa shape index (κ2) is 12.4. The maximum atomic E-state index is 13.1. The van der Waals surface area contributed by atoms with Crippen molar-refractivity contribution in [3.05, 3.63) is 59.7 Å². The van der Waals surface area contributed by atoms with Crippen LogP contribution < -0.4 is 10.1 Å². The molecule has 3 amide bonds. The van der Waals surface area contributed by atoms with Gasteiger partial charge in [0.2, 0.25) is 0 Å². The summed E-state index contributed by atoms with van der Waals surface area (Å²) in [4.78, 5) is 40.9. The first-order valence-electron chi connectivity index (χ1n) is 12.8. The van der Waals surface area contributed by atoms with E-state index in [0.29, 0.717) is 49.6 Å². The Balaban J connectivity index is 1.25. The van der Waals surface area contributed by atoms with E-state index in [0.717, 1.165) is 18.1 Å². The molecule has 2 aliphatic rings. The molecule has 36 heavy (non-hydrogen) atoms. The van der Waals surface area contributed by atoms with E-state index in [1.54, 1.807) is 34.1 Å². The number of nitrogens with one attached hydrogen (secondary N) is 1. The van der Waals surface area contributed by atoms with Gasteiger partial charge in [-0.3, -0.25) is 4.79 Å². The average molecular weight is 494 g/mol. The monoisotopic (exact) mass is 493 g/mol. The molecule has 0 spiro atoms. The van der Waals surface area contributed by atoms with Crippen LogP contribution in [0.4, 0.5) is 10.5 Å². The Kier molecular flexibility index (Phi) is 8.81. The molecule has 8 heteroatoms. The van der Waals surface area contributed by atoms with Crippen LogP contribution in [0.25, 0.3) is 0 Å². The van der Waals surface area contributed by atoms with Gasteiger partial charge in [-0.25, -0.2) is 9.59 Å². The number of ether oxygens (including phenoxy) is 2. The summed E-state index contributed by atoms with van der Waals surface area (Å²) in [5, 5.41) is 2.82. The van der Waals surface area contributed by atoms with Crippen LogP contribution in [0.2, 0.25) is 0 Å². The molecule has 0 atom stereocenters. The van der Waals surface area contributed by atoms with Gasteiger partial charge in [0.05, 0.1) is 19.3 Å². The Bertz CT molecular complexity index is 1060. The van der Waals surface area contributed by atoms with Crippen molar-refractivity contribution in [3.63, 3.8) is 0 Å². The Morgan fingerprint density at radius 3 is 2.33 bits per heavy atom. The number of urea groups is 1. The van der Waals surface area contributed by atoms with Crippen molar-refractivity contribution in [1.82, 2.24) is 9.80 Å². The molecule has 192 valence electrons. The number of hydrogen-bond donors (Lipinski definition) is 1. The molecule has 1 N–H and O–H groups in total. The molecule has 2 aromatic carbocycles. The number of amides is 3. The lowest BCUT2D eigenvalue weighted by Gasteiger charge is -2.34. The molecule has 4 rings (SSSR count). The van der Waals surface area contributed by atoms with Crippen LogP contribution in [0.1, 0.15) is 59.2 Å². The van der Waals surface area contributed by atoms with Crippen LogP contribution >= 0.6 is 0 Å². The molecule has 2 fully saturated rings. The lowest BCUT2D eigenvalue weighted by molar-refractivity contribution is 0.0600. The molecule has 0 bridgehead atoms. The molecular formula is C28H35N3O5. The van der Waals surface area contributed by atoms with Crippen LogP contribution in [0, 0.1) is 5.92 Å². The number of methoxy groups -OCH3 is 1. The van der Waals surface area contributed by atoms with Gasteiger partial charge < -0.3 is 24.6 Å². The van der Waals surface area contributed by atoms with E-state index in [1.807, 2.05) is 24.3 Å². The molecule has 1 saturated carbocycles. The number of nitrogens with zero attached hydrogens (tertiary/aromatic N) is 2. The van der Waals surface area contributed by atoms with Gasteiger partial charge in [0.15, 0.2) is 0 Å². The summed E-state index contributed by atoms with van der Waals surface area (Å²) in [5.41, 5.74) is 1.48. The molecule has 1 saturated heterocycles. The topological polar surface area (TPSA) is 88.2 Å².